The zero-order chi connectivity index (χ0) is 15.2. The van der Waals surface area contributed by atoms with Gasteiger partial charge in [-0.3, -0.25) is 4.79 Å². The third kappa shape index (κ3) is 3.09. The molecule has 2 aromatic heterocycles. The van der Waals surface area contributed by atoms with Gasteiger partial charge in [-0.05, 0) is 27.4 Å². The number of carbonyl (C=O) groups excluding carboxylic acids is 1. The second kappa shape index (κ2) is 6.32. The molecule has 1 aliphatic rings. The van der Waals surface area contributed by atoms with Crippen LogP contribution in [0.4, 0.5) is 5.69 Å². The molecule has 8 heteroatoms. The van der Waals surface area contributed by atoms with Gasteiger partial charge in [0.2, 0.25) is 0 Å². The van der Waals surface area contributed by atoms with Gasteiger partial charge in [-0.2, -0.15) is 5.10 Å². The van der Waals surface area contributed by atoms with Gasteiger partial charge in [-0.25, -0.2) is 4.52 Å². The van der Waals surface area contributed by atoms with Crippen LogP contribution in [-0.2, 0) is 0 Å². The Morgan fingerprint density at radius 3 is 2.91 bits per heavy atom. The van der Waals surface area contributed by atoms with E-state index in [1.807, 2.05) is 12.3 Å². The number of fused-ring (bicyclic) bond motifs is 1. The van der Waals surface area contributed by atoms with Crippen LogP contribution < -0.4 is 16.4 Å². The summed E-state index contributed by atoms with van der Waals surface area (Å²) in [5.41, 5.74) is 7.58. The summed E-state index contributed by atoms with van der Waals surface area (Å²) in [5.74, 6) is -0.478. The average Bonchev–Trinajstić information content (AvgIpc) is 2.92. The highest BCUT2D eigenvalue weighted by atomic mass is 127. The third-order valence-electron chi connectivity index (χ3n) is 4.06. The lowest BCUT2D eigenvalue weighted by Gasteiger charge is -2.28. The molecule has 3 rings (SSSR count). The number of rotatable bonds is 3. The maximum absolute atomic E-state index is 11.7. The van der Waals surface area contributed by atoms with E-state index in [-0.39, 0.29) is 35.4 Å². The van der Waals surface area contributed by atoms with Gasteiger partial charge >= 0.3 is 0 Å². The van der Waals surface area contributed by atoms with Crippen LogP contribution in [0.2, 0.25) is 0 Å². The zero-order valence-corrected chi connectivity index (χ0v) is 16.3. The van der Waals surface area contributed by atoms with Crippen molar-refractivity contribution in [2.45, 2.75) is 19.9 Å². The van der Waals surface area contributed by atoms with Crippen molar-refractivity contribution in [1.29, 1.82) is 0 Å². The van der Waals surface area contributed by atoms with Crippen LogP contribution in [0, 0.1) is 5.41 Å². The molecule has 1 saturated heterocycles. The van der Waals surface area contributed by atoms with Gasteiger partial charge in [-0.15, -0.1) is 24.0 Å². The summed E-state index contributed by atoms with van der Waals surface area (Å²) in [6.07, 6.45) is 3.36. The van der Waals surface area contributed by atoms with E-state index in [4.69, 9.17) is 5.73 Å². The summed E-state index contributed by atoms with van der Waals surface area (Å²) in [4.78, 5) is 11.7. The number of aromatic nitrogens is 2. The SMILES string of the molecule is CC1(C)CNCC1Nc1c(C(N)=O)cnn2cc(Br)cc12.I. The molecule has 1 unspecified atom stereocenters. The zero-order valence-electron chi connectivity index (χ0n) is 12.4. The van der Waals surface area contributed by atoms with E-state index in [2.05, 4.69) is 45.5 Å². The van der Waals surface area contributed by atoms with E-state index < -0.39 is 5.91 Å². The second-order valence-corrected chi connectivity index (χ2v) is 7.02. The van der Waals surface area contributed by atoms with Crippen LogP contribution in [0.1, 0.15) is 24.2 Å². The Hall–Kier alpha value is -0.870. The number of hydrogen-bond acceptors (Lipinski definition) is 4. The summed E-state index contributed by atoms with van der Waals surface area (Å²) in [6, 6.07) is 2.15. The van der Waals surface area contributed by atoms with E-state index in [0.29, 0.717) is 5.56 Å². The number of primary amides is 1. The van der Waals surface area contributed by atoms with Gasteiger partial charge in [0.1, 0.15) is 0 Å². The van der Waals surface area contributed by atoms with Gasteiger partial charge in [0.25, 0.3) is 5.91 Å². The van der Waals surface area contributed by atoms with Crippen molar-refractivity contribution in [1.82, 2.24) is 14.9 Å². The number of anilines is 1. The Kier molecular flexibility index (Phi) is 5.03. The number of nitrogens with zero attached hydrogens (tertiary/aromatic N) is 2. The standard InChI is InChI=1S/C14H18BrN5O.HI/c1-14(2)7-17-5-11(14)19-12-9(13(16)21)4-18-20-6-8(15)3-10(12)20;/h3-4,6,11,17,19H,5,7H2,1-2H3,(H2,16,21);1H. The third-order valence-corrected chi connectivity index (χ3v) is 4.49. The highest BCUT2D eigenvalue weighted by Crippen LogP contribution is 2.31. The molecule has 6 nitrogen and oxygen atoms in total. The Bertz CT molecular complexity index is 715. The quantitative estimate of drug-likeness (QED) is 0.589. The Morgan fingerprint density at radius 2 is 2.32 bits per heavy atom. The lowest BCUT2D eigenvalue weighted by Crippen LogP contribution is -2.35. The maximum atomic E-state index is 11.7. The molecule has 0 radical (unpaired) electrons. The molecule has 120 valence electrons. The summed E-state index contributed by atoms with van der Waals surface area (Å²) in [6.45, 7) is 6.17. The van der Waals surface area contributed by atoms with Crippen LogP contribution in [0.3, 0.4) is 0 Å². The minimum atomic E-state index is -0.478. The first-order valence-electron chi connectivity index (χ1n) is 6.82. The predicted molar refractivity (Wildman–Crippen MR) is 101 cm³/mol. The van der Waals surface area contributed by atoms with Gasteiger partial charge < -0.3 is 16.4 Å². The topological polar surface area (TPSA) is 84.5 Å². The molecule has 1 fully saturated rings. The van der Waals surface area contributed by atoms with E-state index >= 15 is 0 Å². The summed E-state index contributed by atoms with van der Waals surface area (Å²) < 4.78 is 2.64. The monoisotopic (exact) mass is 479 g/mol. The first-order chi connectivity index (χ1) is 9.88. The van der Waals surface area contributed by atoms with Crippen molar-refractivity contribution in [3.05, 3.63) is 28.5 Å². The normalized spacial score (nSPS) is 19.9. The van der Waals surface area contributed by atoms with E-state index in [9.17, 15) is 4.79 Å². The van der Waals surface area contributed by atoms with Crippen molar-refractivity contribution in [2.75, 3.05) is 18.4 Å². The molecule has 1 atom stereocenters. The second-order valence-electron chi connectivity index (χ2n) is 6.10. The first kappa shape index (κ1) is 17.5. The minimum absolute atomic E-state index is 0. The number of amides is 1. The molecule has 0 saturated carbocycles. The largest absolute Gasteiger partial charge is 0.378 e. The first-order valence-corrected chi connectivity index (χ1v) is 7.62. The highest BCUT2D eigenvalue weighted by molar-refractivity contribution is 14.0. The Labute approximate surface area is 154 Å². The highest BCUT2D eigenvalue weighted by Gasteiger charge is 2.35. The average molecular weight is 480 g/mol. The maximum Gasteiger partial charge on any atom is 0.252 e. The van der Waals surface area contributed by atoms with Gasteiger partial charge in [-0.1, -0.05) is 13.8 Å². The summed E-state index contributed by atoms with van der Waals surface area (Å²) >= 11 is 3.44. The van der Waals surface area contributed by atoms with E-state index in [1.54, 1.807) is 4.52 Å². The number of hydrogen-bond donors (Lipinski definition) is 3. The molecule has 0 bridgehead atoms. The number of halogens is 2. The fourth-order valence-electron chi connectivity index (χ4n) is 2.72. The van der Waals surface area contributed by atoms with Crippen LogP contribution in [0.15, 0.2) is 22.9 Å². The van der Waals surface area contributed by atoms with Crippen LogP contribution in [-0.4, -0.2) is 34.7 Å². The molecule has 4 N–H and O–H groups in total. The van der Waals surface area contributed by atoms with Crippen LogP contribution in [0.5, 0.6) is 0 Å². The van der Waals surface area contributed by atoms with Crippen molar-refractivity contribution >= 4 is 57.0 Å². The van der Waals surface area contributed by atoms with Crippen molar-refractivity contribution in [3.8, 4) is 0 Å². The lowest BCUT2D eigenvalue weighted by molar-refractivity contribution is 0.100. The summed E-state index contributed by atoms with van der Waals surface area (Å²) in [5, 5.41) is 11.1. The molecule has 22 heavy (non-hydrogen) atoms. The number of nitrogens with one attached hydrogen (secondary N) is 2. The van der Waals surface area contributed by atoms with Crippen molar-refractivity contribution in [3.63, 3.8) is 0 Å². The van der Waals surface area contributed by atoms with Gasteiger partial charge in [0.05, 0.1) is 23.0 Å². The molecule has 0 spiro atoms. The Balaban J connectivity index is 0.00000176. The van der Waals surface area contributed by atoms with E-state index in [0.717, 1.165) is 28.8 Å². The Morgan fingerprint density at radius 1 is 1.59 bits per heavy atom. The lowest BCUT2D eigenvalue weighted by atomic mass is 9.87. The molecule has 1 aliphatic heterocycles. The smallest absolute Gasteiger partial charge is 0.252 e. The van der Waals surface area contributed by atoms with Gasteiger partial charge in [0, 0.05) is 29.8 Å². The van der Waals surface area contributed by atoms with Crippen molar-refractivity contribution < 1.29 is 4.79 Å². The summed E-state index contributed by atoms with van der Waals surface area (Å²) in [7, 11) is 0. The molecule has 0 aromatic carbocycles. The molecule has 0 aliphatic carbocycles. The number of carbonyl (C=O) groups is 1. The molecule has 1 amide bonds. The van der Waals surface area contributed by atoms with Crippen LogP contribution >= 0.6 is 39.9 Å². The van der Waals surface area contributed by atoms with Crippen molar-refractivity contribution in [2.24, 2.45) is 11.1 Å². The molecule has 3 heterocycles. The van der Waals surface area contributed by atoms with Gasteiger partial charge in [0.15, 0.2) is 0 Å². The fraction of sp³-hybridized carbons (Fsp3) is 0.429. The minimum Gasteiger partial charge on any atom is -0.378 e. The predicted octanol–water partition coefficient (Wildman–Crippen LogP) is 2.22. The van der Waals surface area contributed by atoms with Crippen LogP contribution in [0.25, 0.3) is 5.52 Å². The molecular formula is C14H19BrIN5O. The molecule has 2 aromatic rings. The number of nitrogens with two attached hydrogens (primary N) is 1. The fourth-order valence-corrected chi connectivity index (χ4v) is 3.13. The van der Waals surface area contributed by atoms with E-state index in [1.165, 1.54) is 6.20 Å². The molecular weight excluding hydrogens is 461 g/mol.